The van der Waals surface area contributed by atoms with Crippen LogP contribution in [0.5, 0.6) is 0 Å². The average molecular weight is 268 g/mol. The Morgan fingerprint density at radius 2 is 1.89 bits per heavy atom. The van der Waals surface area contributed by atoms with Gasteiger partial charge in [0.1, 0.15) is 5.01 Å². The molecular weight excluding hydrogens is 252 g/mol. The molecule has 0 atom stereocenters. The van der Waals surface area contributed by atoms with Crippen LogP contribution in [0.1, 0.15) is 10.6 Å². The highest BCUT2D eigenvalue weighted by Gasteiger charge is 2.05. The SMILES string of the molecule is CNCc1nc(-c2ccc3cc(C)ccc3c2)cs1. The van der Waals surface area contributed by atoms with E-state index in [2.05, 4.69) is 59.0 Å². The molecule has 0 aliphatic heterocycles. The minimum absolute atomic E-state index is 0.831. The van der Waals surface area contributed by atoms with Crippen molar-refractivity contribution in [3.8, 4) is 11.3 Å². The molecule has 2 aromatic carbocycles. The summed E-state index contributed by atoms with van der Waals surface area (Å²) in [5, 5.41) is 8.94. The molecule has 0 saturated heterocycles. The Balaban J connectivity index is 2.02. The van der Waals surface area contributed by atoms with Gasteiger partial charge in [-0.25, -0.2) is 4.98 Å². The van der Waals surface area contributed by atoms with Crippen LogP contribution in [-0.4, -0.2) is 12.0 Å². The van der Waals surface area contributed by atoms with Crippen molar-refractivity contribution in [1.29, 1.82) is 0 Å². The number of thiazole rings is 1. The van der Waals surface area contributed by atoms with E-state index in [-0.39, 0.29) is 0 Å². The molecule has 0 bridgehead atoms. The first-order valence-corrected chi connectivity index (χ1v) is 7.24. The average Bonchev–Trinajstić information content (AvgIpc) is 2.87. The van der Waals surface area contributed by atoms with Crippen LogP contribution in [0.15, 0.2) is 41.8 Å². The molecule has 0 aliphatic rings. The smallest absolute Gasteiger partial charge is 0.107 e. The zero-order valence-corrected chi connectivity index (χ0v) is 11.9. The van der Waals surface area contributed by atoms with Crippen LogP contribution in [-0.2, 0) is 6.54 Å². The summed E-state index contributed by atoms with van der Waals surface area (Å²) >= 11 is 1.70. The Bertz CT molecular complexity index is 716. The molecule has 0 radical (unpaired) electrons. The van der Waals surface area contributed by atoms with E-state index in [1.54, 1.807) is 11.3 Å². The monoisotopic (exact) mass is 268 g/mol. The highest BCUT2D eigenvalue weighted by atomic mass is 32.1. The molecule has 0 aliphatic carbocycles. The van der Waals surface area contributed by atoms with Gasteiger partial charge >= 0.3 is 0 Å². The van der Waals surface area contributed by atoms with Crippen molar-refractivity contribution in [1.82, 2.24) is 10.3 Å². The van der Waals surface area contributed by atoms with Crippen LogP contribution in [0.25, 0.3) is 22.0 Å². The van der Waals surface area contributed by atoms with Gasteiger partial charge in [-0.15, -0.1) is 11.3 Å². The summed E-state index contributed by atoms with van der Waals surface area (Å²) in [4.78, 5) is 4.65. The minimum Gasteiger partial charge on any atom is -0.314 e. The van der Waals surface area contributed by atoms with E-state index in [1.165, 1.54) is 21.9 Å². The number of nitrogens with one attached hydrogen (secondary N) is 1. The van der Waals surface area contributed by atoms with Gasteiger partial charge in [0.05, 0.1) is 5.69 Å². The molecular formula is C16H16N2S. The normalized spacial score (nSPS) is 11.1. The number of hydrogen-bond donors (Lipinski definition) is 1. The van der Waals surface area contributed by atoms with Crippen LogP contribution in [0.2, 0.25) is 0 Å². The molecule has 96 valence electrons. The summed E-state index contributed by atoms with van der Waals surface area (Å²) in [7, 11) is 1.94. The number of benzene rings is 2. The predicted octanol–water partition coefficient (Wildman–Crippen LogP) is 3.99. The number of hydrogen-bond acceptors (Lipinski definition) is 3. The van der Waals surface area contributed by atoms with Crippen LogP contribution >= 0.6 is 11.3 Å². The van der Waals surface area contributed by atoms with Gasteiger partial charge in [-0.3, -0.25) is 0 Å². The number of nitrogens with zero attached hydrogens (tertiary/aromatic N) is 1. The van der Waals surface area contributed by atoms with Crippen LogP contribution in [0.4, 0.5) is 0 Å². The van der Waals surface area contributed by atoms with Gasteiger partial charge in [0.15, 0.2) is 0 Å². The highest BCUT2D eigenvalue weighted by Crippen LogP contribution is 2.26. The van der Waals surface area contributed by atoms with Crippen molar-refractivity contribution in [3.05, 3.63) is 52.3 Å². The van der Waals surface area contributed by atoms with Crippen molar-refractivity contribution in [2.75, 3.05) is 7.05 Å². The van der Waals surface area contributed by atoms with E-state index in [1.807, 2.05) is 7.05 Å². The van der Waals surface area contributed by atoms with Crippen molar-refractivity contribution in [2.24, 2.45) is 0 Å². The molecule has 0 unspecified atom stereocenters. The Kier molecular flexibility index (Phi) is 3.32. The highest BCUT2D eigenvalue weighted by molar-refractivity contribution is 7.09. The first-order valence-electron chi connectivity index (χ1n) is 6.36. The molecule has 3 rings (SSSR count). The molecule has 1 heterocycles. The van der Waals surface area contributed by atoms with Crippen LogP contribution in [0.3, 0.4) is 0 Å². The van der Waals surface area contributed by atoms with Gasteiger partial charge in [0.25, 0.3) is 0 Å². The Hall–Kier alpha value is -1.71. The summed E-state index contributed by atoms with van der Waals surface area (Å²) < 4.78 is 0. The maximum absolute atomic E-state index is 4.65. The number of rotatable bonds is 3. The van der Waals surface area contributed by atoms with Gasteiger partial charge in [-0.2, -0.15) is 0 Å². The predicted molar refractivity (Wildman–Crippen MR) is 82.6 cm³/mol. The lowest BCUT2D eigenvalue weighted by atomic mass is 10.0. The number of aryl methyl sites for hydroxylation is 1. The standard InChI is InChI=1S/C16H16N2S/c1-11-3-4-13-8-14(6-5-12(13)7-11)15-10-19-16(18-15)9-17-2/h3-8,10,17H,9H2,1-2H3. The Labute approximate surface area is 117 Å². The summed E-state index contributed by atoms with van der Waals surface area (Å²) in [6, 6.07) is 13.1. The lowest BCUT2D eigenvalue weighted by Crippen LogP contribution is -2.04. The first kappa shape index (κ1) is 12.3. The summed E-state index contributed by atoms with van der Waals surface area (Å²) in [5.74, 6) is 0. The van der Waals surface area contributed by atoms with Crippen molar-refractivity contribution >= 4 is 22.1 Å². The third-order valence-corrected chi connectivity index (χ3v) is 4.02. The van der Waals surface area contributed by atoms with E-state index in [4.69, 9.17) is 0 Å². The second kappa shape index (κ2) is 5.11. The molecule has 0 saturated carbocycles. The molecule has 2 nitrogen and oxygen atoms in total. The summed E-state index contributed by atoms with van der Waals surface area (Å²) in [6.07, 6.45) is 0. The molecule has 19 heavy (non-hydrogen) atoms. The Morgan fingerprint density at radius 3 is 2.74 bits per heavy atom. The fourth-order valence-corrected chi connectivity index (χ4v) is 3.02. The molecule has 3 heteroatoms. The summed E-state index contributed by atoms with van der Waals surface area (Å²) in [6.45, 7) is 2.95. The Morgan fingerprint density at radius 1 is 1.11 bits per heavy atom. The zero-order chi connectivity index (χ0) is 13.2. The second-order valence-electron chi connectivity index (χ2n) is 4.72. The lowest BCUT2D eigenvalue weighted by molar-refractivity contribution is 0.811. The lowest BCUT2D eigenvalue weighted by Gasteiger charge is -2.02. The molecule has 3 aromatic rings. The maximum atomic E-state index is 4.65. The topological polar surface area (TPSA) is 24.9 Å². The van der Waals surface area contributed by atoms with Gasteiger partial charge < -0.3 is 5.32 Å². The third-order valence-electron chi connectivity index (χ3n) is 3.17. The largest absolute Gasteiger partial charge is 0.314 e. The minimum atomic E-state index is 0.831. The van der Waals surface area contributed by atoms with E-state index in [0.29, 0.717) is 0 Å². The molecule has 0 fully saturated rings. The van der Waals surface area contributed by atoms with Crippen LogP contribution in [0, 0.1) is 6.92 Å². The molecule has 1 N–H and O–H groups in total. The van der Waals surface area contributed by atoms with E-state index in [9.17, 15) is 0 Å². The maximum Gasteiger partial charge on any atom is 0.107 e. The van der Waals surface area contributed by atoms with Gasteiger partial charge in [-0.05, 0) is 30.8 Å². The summed E-state index contributed by atoms with van der Waals surface area (Å²) in [5.41, 5.74) is 3.55. The fraction of sp³-hybridized carbons (Fsp3) is 0.188. The number of fused-ring (bicyclic) bond motifs is 1. The zero-order valence-electron chi connectivity index (χ0n) is 11.1. The van der Waals surface area contributed by atoms with E-state index in [0.717, 1.165) is 17.2 Å². The van der Waals surface area contributed by atoms with Crippen molar-refractivity contribution in [3.63, 3.8) is 0 Å². The van der Waals surface area contributed by atoms with E-state index >= 15 is 0 Å². The van der Waals surface area contributed by atoms with Crippen molar-refractivity contribution < 1.29 is 0 Å². The van der Waals surface area contributed by atoms with Gasteiger partial charge in [0, 0.05) is 17.5 Å². The first-order chi connectivity index (χ1) is 9.26. The third kappa shape index (κ3) is 2.53. The van der Waals surface area contributed by atoms with Gasteiger partial charge in [-0.1, -0.05) is 35.9 Å². The molecule has 1 aromatic heterocycles. The number of aromatic nitrogens is 1. The quantitative estimate of drug-likeness (QED) is 0.777. The van der Waals surface area contributed by atoms with Crippen molar-refractivity contribution in [2.45, 2.75) is 13.5 Å². The van der Waals surface area contributed by atoms with E-state index < -0.39 is 0 Å². The fourth-order valence-electron chi connectivity index (χ4n) is 2.20. The molecule has 0 spiro atoms. The van der Waals surface area contributed by atoms with Gasteiger partial charge in [0.2, 0.25) is 0 Å². The second-order valence-corrected chi connectivity index (χ2v) is 5.66. The van der Waals surface area contributed by atoms with Crippen LogP contribution < -0.4 is 5.32 Å². The molecule has 0 amide bonds.